The zero-order chi connectivity index (χ0) is 2.71. The second-order valence-electron chi connectivity index (χ2n) is 0.100. The van der Waals surface area contributed by atoms with Crippen molar-refractivity contribution in [3.63, 3.8) is 0 Å². The average Bonchev–Trinajstić information content (AvgIpc) is 0.918. The van der Waals surface area contributed by atoms with Gasteiger partial charge in [0.05, 0.1) is 0 Å². The van der Waals surface area contributed by atoms with E-state index in [1.54, 1.807) is 0 Å². The first-order valence-electron chi connectivity index (χ1n) is 0.447. The van der Waals surface area contributed by atoms with Crippen LogP contribution in [0, 0.1) is 11.5 Å². The first-order valence-corrected chi connectivity index (χ1v) is 0.447. The van der Waals surface area contributed by atoms with Crippen LogP contribution in [-0.4, -0.2) is 63.3 Å². The van der Waals surface area contributed by atoms with Crippen molar-refractivity contribution in [2.45, 2.75) is 0 Å². The van der Waals surface area contributed by atoms with Crippen LogP contribution >= 0.6 is 0 Å². The van der Waals surface area contributed by atoms with Gasteiger partial charge >= 0.3 is 58.2 Å². The van der Waals surface area contributed by atoms with Crippen LogP contribution < -0.4 is 0 Å². The van der Waals surface area contributed by atoms with Crippen LogP contribution in [0.5, 0.6) is 0 Å². The summed E-state index contributed by atoms with van der Waals surface area (Å²) < 4.78 is 0. The molecule has 3 heteroatoms. The zero-order valence-corrected chi connectivity index (χ0v) is 1.39. The Bertz CT molecular complexity index is 29.5. The molecule has 0 fully saturated rings. The molecule has 18 valence electrons. The van der Waals surface area contributed by atoms with Gasteiger partial charge in [-0.15, -0.1) is 0 Å². The molecule has 0 aromatic heterocycles. The first kappa shape index (κ1) is 8.92. The van der Waals surface area contributed by atoms with Gasteiger partial charge in [0.25, 0.3) is 6.26 Å². The molecule has 0 bridgehead atoms. The van der Waals surface area contributed by atoms with Crippen molar-refractivity contribution in [3.8, 4) is 6.26 Å². The molecule has 0 rings (SSSR count). The van der Waals surface area contributed by atoms with Crippen molar-refractivity contribution in [2.24, 2.45) is 0 Å². The van der Waals surface area contributed by atoms with Crippen molar-refractivity contribution >= 4 is 58.2 Å². The van der Waals surface area contributed by atoms with Crippen molar-refractivity contribution in [3.05, 3.63) is 0 Å². The number of aliphatic hydroxyl groups excluding tert-OH is 1. The molecule has 0 radical (unpaired) electrons. The molecule has 0 aliphatic heterocycles. The number of rotatable bonds is 0. The predicted molar refractivity (Wildman–Crippen MR) is 14.7 cm³/mol. The van der Waals surface area contributed by atoms with E-state index in [9.17, 15) is 0 Å². The molecule has 0 unspecified atom stereocenters. The van der Waals surface area contributed by atoms with Gasteiger partial charge in [-0.05, 0) is 0 Å². The first-order chi connectivity index (χ1) is 1.41. The molecule has 4 heavy (non-hydrogen) atoms. The summed E-state index contributed by atoms with van der Waals surface area (Å²) in [5.41, 5.74) is 0. The van der Waals surface area contributed by atoms with Gasteiger partial charge in [0.15, 0.2) is 0 Å². The molecule has 0 saturated heterocycles. The maximum absolute atomic E-state index is 6.88. The van der Waals surface area contributed by atoms with E-state index in [4.69, 9.17) is 10.4 Å². The van der Waals surface area contributed by atoms with Gasteiger partial charge in [-0.1, -0.05) is 0 Å². The third-order valence-electron chi connectivity index (χ3n) is 0. The minimum atomic E-state index is 0. The van der Waals surface area contributed by atoms with Crippen molar-refractivity contribution < 1.29 is 5.11 Å². The second kappa shape index (κ2) is 8.94. The summed E-state index contributed by atoms with van der Waals surface area (Å²) in [6.45, 7) is 0. The SMILES string of the molecule is N#CO.[RbH]. The van der Waals surface area contributed by atoms with E-state index in [1.807, 2.05) is 0 Å². The zero-order valence-electron chi connectivity index (χ0n) is 1.39. The maximum atomic E-state index is 6.88. The van der Waals surface area contributed by atoms with E-state index in [0.29, 0.717) is 0 Å². The van der Waals surface area contributed by atoms with Crippen molar-refractivity contribution in [1.29, 1.82) is 5.26 Å². The number of nitrogens with zero attached hydrogens (tertiary/aromatic N) is 1. The number of nitriles is 1. The quantitative estimate of drug-likeness (QED) is 0.435. The fourth-order valence-electron chi connectivity index (χ4n) is 0. The number of aliphatic hydroxyl groups is 1. The fourth-order valence-corrected chi connectivity index (χ4v) is 0. The van der Waals surface area contributed by atoms with Gasteiger partial charge < -0.3 is 5.11 Å². The molecule has 0 amide bonds. The molecule has 0 saturated carbocycles. The minimum absolute atomic E-state index is 0. The molecule has 0 atom stereocenters. The monoisotopic (exact) mass is 129 g/mol. The van der Waals surface area contributed by atoms with Crippen LogP contribution in [0.2, 0.25) is 0 Å². The second-order valence-corrected chi connectivity index (χ2v) is 0.100. The van der Waals surface area contributed by atoms with Crippen LogP contribution in [0.25, 0.3) is 0 Å². The van der Waals surface area contributed by atoms with Crippen molar-refractivity contribution in [1.82, 2.24) is 0 Å². The summed E-state index contributed by atoms with van der Waals surface area (Å²) in [5, 5.41) is 13.8. The van der Waals surface area contributed by atoms with Crippen LogP contribution in [0.1, 0.15) is 0 Å². The molecule has 0 aliphatic rings. The molecule has 2 nitrogen and oxygen atoms in total. The van der Waals surface area contributed by atoms with Crippen LogP contribution in [0.4, 0.5) is 0 Å². The predicted octanol–water partition coefficient (Wildman–Crippen LogP) is -0.809. The molecular formula is CH2NORb. The molecule has 0 spiro atoms. The summed E-state index contributed by atoms with van der Waals surface area (Å²) >= 11 is 0. The molecule has 0 aromatic rings. The third-order valence-corrected chi connectivity index (χ3v) is 0. The summed E-state index contributed by atoms with van der Waals surface area (Å²) in [4.78, 5) is 0. The Morgan fingerprint density at radius 3 is 1.75 bits per heavy atom. The third kappa shape index (κ3) is 11.3. The van der Waals surface area contributed by atoms with E-state index in [0.717, 1.165) is 6.26 Å². The van der Waals surface area contributed by atoms with Gasteiger partial charge in [0.1, 0.15) is 0 Å². The molecule has 0 heterocycles. The topological polar surface area (TPSA) is 44.0 Å². The number of hydrogen-bond donors (Lipinski definition) is 1. The van der Waals surface area contributed by atoms with Gasteiger partial charge in [0.2, 0.25) is 0 Å². The Morgan fingerprint density at radius 1 is 1.75 bits per heavy atom. The van der Waals surface area contributed by atoms with E-state index in [-0.39, 0.29) is 58.2 Å². The van der Waals surface area contributed by atoms with E-state index >= 15 is 0 Å². The standard InChI is InChI=1S/CHNO.Rb.H/c2-1-3;;/h3H;;. The van der Waals surface area contributed by atoms with Crippen molar-refractivity contribution in [2.75, 3.05) is 0 Å². The Hall–Kier alpha value is 1.10. The summed E-state index contributed by atoms with van der Waals surface area (Å²) in [6, 6.07) is 0. The Kier molecular flexibility index (Phi) is 19.9. The normalized spacial score (nSPS) is 1.75. The van der Waals surface area contributed by atoms with E-state index < -0.39 is 0 Å². The number of hydrogen-bond acceptors (Lipinski definition) is 2. The van der Waals surface area contributed by atoms with E-state index in [2.05, 4.69) is 0 Å². The van der Waals surface area contributed by atoms with Gasteiger partial charge in [-0.25, -0.2) is 0 Å². The average molecular weight is 130 g/mol. The van der Waals surface area contributed by atoms with Crippen LogP contribution in [-0.2, 0) is 0 Å². The van der Waals surface area contributed by atoms with Gasteiger partial charge in [-0.3, -0.25) is 0 Å². The molecular weight excluding hydrogens is 127 g/mol. The Morgan fingerprint density at radius 2 is 1.75 bits per heavy atom. The molecule has 0 aromatic carbocycles. The van der Waals surface area contributed by atoms with Crippen LogP contribution in [0.15, 0.2) is 0 Å². The van der Waals surface area contributed by atoms with Crippen LogP contribution in [0.3, 0.4) is 0 Å². The summed E-state index contributed by atoms with van der Waals surface area (Å²) in [6.07, 6.45) is 0.750. The van der Waals surface area contributed by atoms with E-state index in [1.165, 1.54) is 0 Å². The van der Waals surface area contributed by atoms with Gasteiger partial charge in [-0.2, -0.15) is 5.26 Å². The summed E-state index contributed by atoms with van der Waals surface area (Å²) in [5.74, 6) is 0. The molecule has 0 aliphatic carbocycles. The Labute approximate surface area is 73.2 Å². The molecule has 1 N–H and O–H groups in total. The van der Waals surface area contributed by atoms with Gasteiger partial charge in [0, 0.05) is 0 Å². The summed E-state index contributed by atoms with van der Waals surface area (Å²) in [7, 11) is 0. The Balaban J connectivity index is 0. The fraction of sp³-hybridized carbons (Fsp3) is 0.